The number of hydrogen-bond donors (Lipinski definition) is 2. The Balaban J connectivity index is 2.63. The minimum absolute atomic E-state index is 0.0142. The van der Waals surface area contributed by atoms with E-state index in [-0.39, 0.29) is 16.9 Å². The highest BCUT2D eigenvalue weighted by molar-refractivity contribution is 5.90. The van der Waals surface area contributed by atoms with Gasteiger partial charge in [0.15, 0.2) is 0 Å². The Morgan fingerprint density at radius 3 is 2.80 bits per heavy atom. The molecule has 1 aromatic rings. The van der Waals surface area contributed by atoms with Crippen LogP contribution >= 0.6 is 0 Å². The van der Waals surface area contributed by atoms with Gasteiger partial charge in [-0.25, -0.2) is 4.79 Å². The summed E-state index contributed by atoms with van der Waals surface area (Å²) in [6, 6.07) is 3.68. The minimum atomic E-state index is -1.12. The minimum Gasteiger partial charge on any atom is -0.478 e. The van der Waals surface area contributed by atoms with Crippen LogP contribution in [0.3, 0.4) is 0 Å². The van der Waals surface area contributed by atoms with E-state index >= 15 is 0 Å². The lowest BCUT2D eigenvalue weighted by Crippen LogP contribution is -2.09. The molecule has 110 valence electrons. The molecule has 0 saturated carbocycles. The molecule has 0 amide bonds. The lowest BCUT2D eigenvalue weighted by molar-refractivity contribution is -0.384. The van der Waals surface area contributed by atoms with E-state index in [9.17, 15) is 14.9 Å². The van der Waals surface area contributed by atoms with Gasteiger partial charge in [0.25, 0.3) is 5.69 Å². The van der Waals surface area contributed by atoms with E-state index in [0.717, 1.165) is 6.42 Å². The maximum absolute atomic E-state index is 10.9. The summed E-state index contributed by atoms with van der Waals surface area (Å²) in [6.45, 7) is 3.74. The molecular formula is C13H18N2O5. The Hall–Kier alpha value is -2.15. The van der Waals surface area contributed by atoms with E-state index in [4.69, 9.17) is 9.84 Å². The standard InChI is InChI=1S/C13H18N2O5/c1-2-7-20-8-3-6-14-11-9-10(13(16)17)4-5-12(11)15(18)19/h4-5,9,14H,2-3,6-8H2,1H3,(H,16,17). The van der Waals surface area contributed by atoms with Crippen molar-refractivity contribution >= 4 is 17.3 Å². The summed E-state index contributed by atoms with van der Waals surface area (Å²) in [7, 11) is 0. The predicted octanol–water partition coefficient (Wildman–Crippen LogP) is 2.52. The molecule has 0 heterocycles. The van der Waals surface area contributed by atoms with Gasteiger partial charge in [-0.3, -0.25) is 10.1 Å². The van der Waals surface area contributed by atoms with Crippen molar-refractivity contribution in [2.24, 2.45) is 0 Å². The third kappa shape index (κ3) is 4.85. The SMILES string of the molecule is CCCOCCCNc1cc(C(=O)O)ccc1[N+](=O)[O-]. The maximum Gasteiger partial charge on any atom is 0.335 e. The Kier molecular flexibility index (Phi) is 6.45. The molecule has 0 radical (unpaired) electrons. The number of rotatable bonds is 9. The second kappa shape index (κ2) is 8.11. The molecule has 0 aliphatic rings. The van der Waals surface area contributed by atoms with Gasteiger partial charge in [-0.2, -0.15) is 0 Å². The summed E-state index contributed by atoms with van der Waals surface area (Å²) in [4.78, 5) is 21.2. The van der Waals surface area contributed by atoms with Gasteiger partial charge in [-0.1, -0.05) is 6.92 Å². The van der Waals surface area contributed by atoms with Gasteiger partial charge in [0.2, 0.25) is 0 Å². The topological polar surface area (TPSA) is 102 Å². The molecule has 7 heteroatoms. The van der Waals surface area contributed by atoms with Gasteiger partial charge in [0.1, 0.15) is 5.69 Å². The summed E-state index contributed by atoms with van der Waals surface area (Å²) >= 11 is 0. The first-order chi connectivity index (χ1) is 9.56. The van der Waals surface area contributed by atoms with E-state index in [2.05, 4.69) is 5.32 Å². The number of carboxylic acids is 1. The molecule has 0 bridgehead atoms. The maximum atomic E-state index is 10.9. The highest BCUT2D eigenvalue weighted by Crippen LogP contribution is 2.25. The van der Waals surface area contributed by atoms with E-state index in [1.807, 2.05) is 6.92 Å². The summed E-state index contributed by atoms with van der Waals surface area (Å²) in [6.07, 6.45) is 1.63. The fourth-order valence-electron chi connectivity index (χ4n) is 1.61. The molecule has 7 nitrogen and oxygen atoms in total. The molecule has 0 saturated heterocycles. The van der Waals surface area contributed by atoms with Crippen LogP contribution < -0.4 is 5.32 Å². The van der Waals surface area contributed by atoms with Crippen LogP contribution in [0.4, 0.5) is 11.4 Å². The van der Waals surface area contributed by atoms with Crippen LogP contribution in [0.5, 0.6) is 0 Å². The van der Waals surface area contributed by atoms with Gasteiger partial charge in [-0.15, -0.1) is 0 Å². The number of anilines is 1. The van der Waals surface area contributed by atoms with Gasteiger partial charge in [0, 0.05) is 25.8 Å². The fourth-order valence-corrected chi connectivity index (χ4v) is 1.61. The second-order valence-corrected chi connectivity index (χ2v) is 4.19. The van der Waals surface area contributed by atoms with Crippen LogP contribution in [0.2, 0.25) is 0 Å². The number of nitro benzene ring substituents is 1. The molecule has 0 unspecified atom stereocenters. The number of nitro groups is 1. The molecule has 20 heavy (non-hydrogen) atoms. The predicted molar refractivity (Wildman–Crippen MR) is 74.3 cm³/mol. The number of benzene rings is 1. The van der Waals surface area contributed by atoms with E-state index in [0.29, 0.717) is 26.2 Å². The fraction of sp³-hybridized carbons (Fsp3) is 0.462. The zero-order chi connectivity index (χ0) is 15.0. The summed E-state index contributed by atoms with van der Waals surface area (Å²) in [5.74, 6) is -1.12. The van der Waals surface area contributed by atoms with Crippen LogP contribution in [-0.2, 0) is 4.74 Å². The number of hydrogen-bond acceptors (Lipinski definition) is 5. The molecule has 0 fully saturated rings. The van der Waals surface area contributed by atoms with Crippen LogP contribution in [0, 0.1) is 10.1 Å². The van der Waals surface area contributed by atoms with Crippen molar-refractivity contribution in [2.45, 2.75) is 19.8 Å². The molecule has 0 aliphatic heterocycles. The first-order valence-corrected chi connectivity index (χ1v) is 6.39. The van der Waals surface area contributed by atoms with Crippen LogP contribution in [0.1, 0.15) is 30.1 Å². The highest BCUT2D eigenvalue weighted by atomic mass is 16.6. The molecule has 1 rings (SSSR count). The Bertz CT molecular complexity index is 476. The quantitative estimate of drug-likeness (QED) is 0.410. The molecule has 0 spiro atoms. The number of nitrogens with one attached hydrogen (secondary N) is 1. The van der Waals surface area contributed by atoms with Crippen molar-refractivity contribution in [3.05, 3.63) is 33.9 Å². The number of aromatic carboxylic acids is 1. The number of carbonyl (C=O) groups is 1. The Labute approximate surface area is 116 Å². The number of carboxylic acid groups (broad SMARTS) is 1. The lowest BCUT2D eigenvalue weighted by Gasteiger charge is -2.08. The average molecular weight is 282 g/mol. The Morgan fingerprint density at radius 2 is 2.20 bits per heavy atom. The van der Waals surface area contributed by atoms with Crippen molar-refractivity contribution in [3.63, 3.8) is 0 Å². The van der Waals surface area contributed by atoms with Crippen LogP contribution in [0.25, 0.3) is 0 Å². The summed E-state index contributed by atoms with van der Waals surface area (Å²) in [5, 5.41) is 22.6. The highest BCUT2D eigenvalue weighted by Gasteiger charge is 2.15. The average Bonchev–Trinajstić information content (AvgIpc) is 2.42. The first-order valence-electron chi connectivity index (χ1n) is 6.39. The van der Waals surface area contributed by atoms with Crippen molar-refractivity contribution in [2.75, 3.05) is 25.1 Å². The molecule has 2 N–H and O–H groups in total. The molecule has 0 aliphatic carbocycles. The number of ether oxygens (including phenoxy) is 1. The molecule has 1 aromatic carbocycles. The van der Waals surface area contributed by atoms with Gasteiger partial charge in [-0.05, 0) is 25.0 Å². The zero-order valence-corrected chi connectivity index (χ0v) is 11.3. The molecular weight excluding hydrogens is 264 g/mol. The zero-order valence-electron chi connectivity index (χ0n) is 11.3. The molecule has 0 atom stereocenters. The lowest BCUT2D eigenvalue weighted by atomic mass is 10.1. The van der Waals surface area contributed by atoms with Crippen LogP contribution in [0.15, 0.2) is 18.2 Å². The Morgan fingerprint density at radius 1 is 1.45 bits per heavy atom. The van der Waals surface area contributed by atoms with E-state index < -0.39 is 10.9 Å². The summed E-state index contributed by atoms with van der Waals surface area (Å²) in [5.41, 5.74) is 0.0928. The number of nitrogens with zero attached hydrogens (tertiary/aromatic N) is 1. The first kappa shape index (κ1) is 15.9. The third-order valence-electron chi connectivity index (χ3n) is 2.57. The third-order valence-corrected chi connectivity index (χ3v) is 2.57. The van der Waals surface area contributed by atoms with Crippen molar-refractivity contribution in [1.82, 2.24) is 0 Å². The van der Waals surface area contributed by atoms with Gasteiger partial charge < -0.3 is 15.2 Å². The van der Waals surface area contributed by atoms with Gasteiger partial charge >= 0.3 is 5.97 Å². The van der Waals surface area contributed by atoms with E-state index in [1.165, 1.54) is 18.2 Å². The summed E-state index contributed by atoms with van der Waals surface area (Å²) < 4.78 is 5.29. The van der Waals surface area contributed by atoms with Crippen molar-refractivity contribution in [3.8, 4) is 0 Å². The van der Waals surface area contributed by atoms with E-state index in [1.54, 1.807) is 0 Å². The monoisotopic (exact) mass is 282 g/mol. The molecule has 0 aromatic heterocycles. The van der Waals surface area contributed by atoms with Gasteiger partial charge in [0.05, 0.1) is 10.5 Å². The van der Waals surface area contributed by atoms with Crippen molar-refractivity contribution in [1.29, 1.82) is 0 Å². The normalized spacial score (nSPS) is 10.2. The smallest absolute Gasteiger partial charge is 0.335 e. The second-order valence-electron chi connectivity index (χ2n) is 4.19. The van der Waals surface area contributed by atoms with Crippen LogP contribution in [-0.4, -0.2) is 35.8 Å². The largest absolute Gasteiger partial charge is 0.478 e. The van der Waals surface area contributed by atoms with Crippen molar-refractivity contribution < 1.29 is 19.6 Å².